The number of methoxy groups -OCH3 is 1. The molecule has 44 heavy (non-hydrogen) atoms. The van der Waals surface area contributed by atoms with Gasteiger partial charge < -0.3 is 15.0 Å². The van der Waals surface area contributed by atoms with Crippen molar-refractivity contribution in [2.75, 3.05) is 18.0 Å². The Morgan fingerprint density at radius 3 is 2.23 bits per heavy atom. The van der Waals surface area contributed by atoms with Crippen molar-refractivity contribution in [3.8, 4) is 5.75 Å². The van der Waals surface area contributed by atoms with Gasteiger partial charge in [-0.1, -0.05) is 46.9 Å². The number of nitro groups is 1. The fraction of sp³-hybridized carbons (Fsp3) is 0.310. The number of anilines is 1. The van der Waals surface area contributed by atoms with Crippen molar-refractivity contribution in [2.24, 2.45) is 0 Å². The number of nitro benzene ring substituents is 1. The van der Waals surface area contributed by atoms with E-state index in [2.05, 4.69) is 5.32 Å². The van der Waals surface area contributed by atoms with Crippen molar-refractivity contribution in [3.63, 3.8) is 0 Å². The molecule has 3 aromatic rings. The first-order valence-corrected chi connectivity index (χ1v) is 15.8. The van der Waals surface area contributed by atoms with Crippen molar-refractivity contribution in [2.45, 2.75) is 51.2 Å². The lowest BCUT2D eigenvalue weighted by Crippen LogP contribution is -2.52. The minimum Gasteiger partial charge on any atom is -0.495 e. The summed E-state index contributed by atoms with van der Waals surface area (Å²) in [5.41, 5.74) is 0.0537. The molecule has 0 aliphatic carbocycles. The van der Waals surface area contributed by atoms with Gasteiger partial charge in [-0.25, -0.2) is 8.42 Å². The summed E-state index contributed by atoms with van der Waals surface area (Å²) >= 11 is 19.0. The van der Waals surface area contributed by atoms with Crippen molar-refractivity contribution in [3.05, 3.63) is 90.9 Å². The van der Waals surface area contributed by atoms with Gasteiger partial charge in [-0.15, -0.1) is 0 Å². The molecular weight excluding hydrogens is 655 g/mol. The zero-order valence-electron chi connectivity index (χ0n) is 24.5. The smallest absolute Gasteiger partial charge is 0.273 e. The molecule has 0 aliphatic rings. The molecular formula is C29H31Cl3N4O7S. The second-order valence-corrected chi connectivity index (χ2v) is 13.2. The number of sulfonamides is 1. The first-order chi connectivity index (χ1) is 20.6. The summed E-state index contributed by atoms with van der Waals surface area (Å²) < 4.78 is 34.5. The Morgan fingerprint density at radius 2 is 1.66 bits per heavy atom. The highest BCUT2D eigenvalue weighted by atomic mass is 35.5. The maximum absolute atomic E-state index is 14.2. The van der Waals surface area contributed by atoms with Crippen LogP contribution in [0.4, 0.5) is 11.4 Å². The fourth-order valence-corrected chi connectivity index (χ4v) is 6.41. The van der Waals surface area contributed by atoms with E-state index < -0.39 is 49.9 Å². The summed E-state index contributed by atoms with van der Waals surface area (Å²) in [6.45, 7) is 5.38. The summed E-state index contributed by atoms with van der Waals surface area (Å²) in [7, 11) is -3.36. The predicted molar refractivity (Wildman–Crippen MR) is 170 cm³/mol. The molecule has 0 saturated heterocycles. The molecule has 0 aliphatic heterocycles. The molecule has 0 fully saturated rings. The zero-order valence-corrected chi connectivity index (χ0v) is 27.6. The number of hydrogen-bond donors (Lipinski definition) is 1. The molecule has 0 spiro atoms. The highest BCUT2D eigenvalue weighted by Gasteiger charge is 2.35. The summed E-state index contributed by atoms with van der Waals surface area (Å²) in [6.07, 6.45) is 0. The number of nitrogens with one attached hydrogen (secondary N) is 1. The number of aryl methyl sites for hydroxylation is 1. The molecule has 1 N–H and O–H groups in total. The molecule has 0 saturated carbocycles. The first-order valence-electron chi connectivity index (χ1n) is 13.2. The molecule has 11 nitrogen and oxygen atoms in total. The number of rotatable bonds is 12. The van der Waals surface area contributed by atoms with E-state index in [0.29, 0.717) is 5.56 Å². The van der Waals surface area contributed by atoms with Crippen molar-refractivity contribution in [1.29, 1.82) is 0 Å². The van der Waals surface area contributed by atoms with E-state index in [0.717, 1.165) is 15.3 Å². The molecule has 3 rings (SSSR count). The average Bonchev–Trinajstić information content (AvgIpc) is 2.94. The van der Waals surface area contributed by atoms with E-state index in [4.69, 9.17) is 39.5 Å². The van der Waals surface area contributed by atoms with Crippen LogP contribution in [0.5, 0.6) is 5.75 Å². The minimum absolute atomic E-state index is 0.0543. The number of halogens is 3. The molecule has 0 unspecified atom stereocenters. The van der Waals surface area contributed by atoms with E-state index in [-0.39, 0.29) is 44.7 Å². The van der Waals surface area contributed by atoms with Crippen molar-refractivity contribution < 1.29 is 27.7 Å². The Labute approximate surface area is 270 Å². The molecule has 1 atom stereocenters. The highest BCUT2D eigenvalue weighted by molar-refractivity contribution is 7.92. The van der Waals surface area contributed by atoms with Crippen LogP contribution in [0, 0.1) is 17.0 Å². The number of hydrogen-bond acceptors (Lipinski definition) is 7. The summed E-state index contributed by atoms with van der Waals surface area (Å²) in [6, 6.07) is 11.0. The van der Waals surface area contributed by atoms with Crippen LogP contribution in [0.2, 0.25) is 15.1 Å². The van der Waals surface area contributed by atoms with Gasteiger partial charge in [0.1, 0.15) is 18.3 Å². The third kappa shape index (κ3) is 7.92. The minimum atomic E-state index is -4.67. The van der Waals surface area contributed by atoms with Crippen LogP contribution in [0.25, 0.3) is 0 Å². The number of carbonyl (C=O) groups excluding carboxylic acids is 2. The van der Waals surface area contributed by atoms with Gasteiger partial charge in [-0.3, -0.25) is 24.0 Å². The quantitative estimate of drug-likeness (QED) is 0.182. The van der Waals surface area contributed by atoms with Gasteiger partial charge in [-0.05, 0) is 64.1 Å². The second kappa shape index (κ2) is 14.5. The zero-order chi connectivity index (χ0) is 32.9. The van der Waals surface area contributed by atoms with Gasteiger partial charge >= 0.3 is 0 Å². The normalized spacial score (nSPS) is 12.0. The SMILES string of the molecule is COc1ccc(Cl)cc1N(CC(=O)N(Cc1c(Cl)cccc1Cl)[C@@H](C)C(=O)NC(C)C)S(=O)(=O)c1ccc(C)c([N+](=O)[O-])c1. The largest absolute Gasteiger partial charge is 0.495 e. The fourth-order valence-electron chi connectivity index (χ4n) is 4.29. The Morgan fingerprint density at radius 1 is 1.02 bits per heavy atom. The van der Waals surface area contributed by atoms with Crippen molar-refractivity contribution in [1.82, 2.24) is 10.2 Å². The van der Waals surface area contributed by atoms with Crippen LogP contribution in [-0.4, -0.2) is 55.8 Å². The summed E-state index contributed by atoms with van der Waals surface area (Å²) in [5.74, 6) is -1.25. The molecule has 0 aromatic heterocycles. The molecule has 3 aromatic carbocycles. The Balaban J connectivity index is 2.20. The van der Waals surface area contributed by atoms with Gasteiger partial charge in [0.15, 0.2) is 0 Å². The van der Waals surface area contributed by atoms with E-state index in [1.165, 1.54) is 51.3 Å². The van der Waals surface area contributed by atoms with Crippen LogP contribution in [0.1, 0.15) is 31.9 Å². The molecule has 0 bridgehead atoms. The Hall–Kier alpha value is -3.58. The maximum Gasteiger partial charge on any atom is 0.273 e. The average molecular weight is 686 g/mol. The van der Waals surface area contributed by atoms with Crippen LogP contribution in [0.15, 0.2) is 59.5 Å². The number of carbonyl (C=O) groups is 2. The van der Waals surface area contributed by atoms with Crippen LogP contribution in [0.3, 0.4) is 0 Å². The summed E-state index contributed by atoms with van der Waals surface area (Å²) in [5, 5.41) is 15.0. The number of benzene rings is 3. The van der Waals surface area contributed by atoms with E-state index >= 15 is 0 Å². The standard InChI is InChI=1S/C29H31Cl3N4O7S/c1-17(2)33-29(38)19(4)34(15-22-23(31)7-6-8-24(22)32)28(37)16-35(26-13-20(30)10-12-27(26)43-5)44(41,42)21-11-9-18(3)25(14-21)36(39)40/h6-14,17,19H,15-16H2,1-5H3,(H,33,38)/t19-/m0/s1. The second-order valence-electron chi connectivity index (χ2n) is 10.1. The topological polar surface area (TPSA) is 139 Å². The molecule has 2 amide bonds. The van der Waals surface area contributed by atoms with Gasteiger partial charge in [0.05, 0.1) is 22.6 Å². The molecule has 0 heterocycles. The number of nitrogens with zero attached hydrogens (tertiary/aromatic N) is 3. The summed E-state index contributed by atoms with van der Waals surface area (Å²) in [4.78, 5) is 38.9. The molecule has 236 valence electrons. The predicted octanol–water partition coefficient (Wildman–Crippen LogP) is 6.01. The van der Waals surface area contributed by atoms with E-state index in [1.807, 2.05) is 0 Å². The number of amides is 2. The number of ether oxygens (including phenoxy) is 1. The van der Waals surface area contributed by atoms with E-state index in [9.17, 15) is 28.1 Å². The maximum atomic E-state index is 14.2. The first kappa shape index (κ1) is 34.9. The highest BCUT2D eigenvalue weighted by Crippen LogP contribution is 2.36. The Bertz CT molecular complexity index is 1670. The van der Waals surface area contributed by atoms with Crippen molar-refractivity contribution >= 4 is 68.0 Å². The Kier molecular flexibility index (Phi) is 11.5. The van der Waals surface area contributed by atoms with Crippen LogP contribution < -0.4 is 14.4 Å². The van der Waals surface area contributed by atoms with Crippen LogP contribution in [-0.2, 0) is 26.2 Å². The third-order valence-electron chi connectivity index (χ3n) is 6.64. The van der Waals surface area contributed by atoms with Gasteiger partial charge in [0.25, 0.3) is 15.7 Å². The van der Waals surface area contributed by atoms with Gasteiger partial charge in [0.2, 0.25) is 11.8 Å². The lowest BCUT2D eigenvalue weighted by molar-refractivity contribution is -0.385. The monoisotopic (exact) mass is 684 g/mol. The third-order valence-corrected chi connectivity index (χ3v) is 9.34. The van der Waals surface area contributed by atoms with Gasteiger partial charge in [0, 0.05) is 44.8 Å². The van der Waals surface area contributed by atoms with Gasteiger partial charge in [-0.2, -0.15) is 0 Å². The van der Waals surface area contributed by atoms with E-state index in [1.54, 1.807) is 32.0 Å². The molecule has 15 heteroatoms. The lowest BCUT2D eigenvalue weighted by atomic mass is 10.1. The molecule has 0 radical (unpaired) electrons. The van der Waals surface area contributed by atoms with Crippen LogP contribution >= 0.6 is 34.8 Å². The lowest BCUT2D eigenvalue weighted by Gasteiger charge is -2.33.